The lowest BCUT2D eigenvalue weighted by Gasteiger charge is -2.00. The predicted molar refractivity (Wildman–Crippen MR) is 76.1 cm³/mol. The minimum Gasteiger partial charge on any atom is -0.262 e. The van der Waals surface area contributed by atoms with Gasteiger partial charge in [-0.3, -0.25) is 15.2 Å². The largest absolute Gasteiger partial charge is 0.283 e. The third-order valence-corrected chi connectivity index (χ3v) is 4.01. The van der Waals surface area contributed by atoms with E-state index < -0.39 is 4.92 Å². The summed E-state index contributed by atoms with van der Waals surface area (Å²) < 4.78 is 0.484. The second kappa shape index (κ2) is 6.16. The number of nitro benzene ring substituents is 1. The monoisotopic (exact) mass is 342 g/mol. The van der Waals surface area contributed by atoms with E-state index in [-0.39, 0.29) is 5.69 Å². The summed E-state index contributed by atoms with van der Waals surface area (Å²) >= 11 is 4.61. The van der Waals surface area contributed by atoms with E-state index in [4.69, 9.17) is 0 Å². The summed E-state index contributed by atoms with van der Waals surface area (Å²) in [6.07, 6.45) is 0.803. The molecule has 1 aromatic heterocycles. The quantitative estimate of drug-likeness (QED) is 0.511. The lowest BCUT2D eigenvalue weighted by molar-refractivity contribution is -0.385. The topological polar surface area (TPSA) is 84.7 Å². The van der Waals surface area contributed by atoms with Gasteiger partial charge in [-0.15, -0.1) is 5.10 Å². The summed E-state index contributed by atoms with van der Waals surface area (Å²) in [5.41, 5.74) is 0.935. The first-order valence-corrected chi connectivity index (χ1v) is 7.35. The van der Waals surface area contributed by atoms with Crippen LogP contribution in [0.25, 0.3) is 0 Å². The molecule has 100 valence electrons. The van der Waals surface area contributed by atoms with Crippen molar-refractivity contribution in [3.8, 4) is 0 Å². The van der Waals surface area contributed by atoms with Gasteiger partial charge in [0.05, 0.1) is 9.40 Å². The first-order chi connectivity index (χ1) is 9.10. The van der Waals surface area contributed by atoms with E-state index in [0.29, 0.717) is 15.4 Å². The number of hydrogen-bond donors (Lipinski definition) is 1. The van der Waals surface area contributed by atoms with Crippen molar-refractivity contribution in [3.63, 3.8) is 0 Å². The number of aryl methyl sites for hydroxylation is 1. The molecule has 2 aromatic rings. The second-order valence-corrected chi connectivity index (χ2v) is 5.55. The van der Waals surface area contributed by atoms with Crippen LogP contribution in [0.3, 0.4) is 0 Å². The van der Waals surface area contributed by atoms with Crippen LogP contribution in [-0.4, -0.2) is 20.1 Å². The van der Waals surface area contributed by atoms with Gasteiger partial charge in [0.2, 0.25) is 5.16 Å². The third-order valence-electron chi connectivity index (χ3n) is 2.42. The fourth-order valence-corrected chi connectivity index (χ4v) is 2.59. The van der Waals surface area contributed by atoms with Gasteiger partial charge in [0.1, 0.15) is 5.82 Å². The van der Waals surface area contributed by atoms with E-state index in [2.05, 4.69) is 31.1 Å². The van der Waals surface area contributed by atoms with Crippen LogP contribution in [0.2, 0.25) is 0 Å². The third kappa shape index (κ3) is 3.54. The Balaban J connectivity index is 2.07. The highest BCUT2D eigenvalue weighted by atomic mass is 79.9. The van der Waals surface area contributed by atoms with Crippen LogP contribution >= 0.6 is 27.7 Å². The van der Waals surface area contributed by atoms with Gasteiger partial charge in [-0.1, -0.05) is 24.8 Å². The lowest BCUT2D eigenvalue weighted by Crippen LogP contribution is -1.91. The molecule has 0 atom stereocenters. The molecule has 0 radical (unpaired) electrons. The van der Waals surface area contributed by atoms with Gasteiger partial charge in [0, 0.05) is 18.2 Å². The van der Waals surface area contributed by atoms with Crippen molar-refractivity contribution in [1.29, 1.82) is 0 Å². The summed E-state index contributed by atoms with van der Waals surface area (Å²) in [4.78, 5) is 14.7. The zero-order valence-electron chi connectivity index (χ0n) is 10.1. The normalized spacial score (nSPS) is 10.6. The lowest BCUT2D eigenvalue weighted by atomic mass is 10.2. The van der Waals surface area contributed by atoms with Crippen LogP contribution in [0.15, 0.2) is 27.8 Å². The highest BCUT2D eigenvalue weighted by Crippen LogP contribution is 2.28. The summed E-state index contributed by atoms with van der Waals surface area (Å²) in [5.74, 6) is 1.43. The molecule has 1 N–H and O–H groups in total. The Morgan fingerprint density at radius 2 is 2.32 bits per heavy atom. The minimum absolute atomic E-state index is 0.0716. The molecule has 0 saturated carbocycles. The fraction of sp³-hybridized carbons (Fsp3) is 0.273. The average molecular weight is 343 g/mol. The van der Waals surface area contributed by atoms with Crippen LogP contribution in [0.1, 0.15) is 18.3 Å². The Labute approximate surface area is 122 Å². The highest BCUT2D eigenvalue weighted by Gasteiger charge is 2.12. The summed E-state index contributed by atoms with van der Waals surface area (Å²) in [7, 11) is 0. The molecule has 0 fully saturated rings. The second-order valence-electron chi connectivity index (χ2n) is 3.75. The molecule has 2 rings (SSSR count). The van der Waals surface area contributed by atoms with Crippen molar-refractivity contribution in [2.45, 2.75) is 24.3 Å². The number of thioether (sulfide) groups is 1. The average Bonchev–Trinajstić information content (AvgIpc) is 2.85. The fourth-order valence-electron chi connectivity index (χ4n) is 1.44. The number of hydrogen-bond acceptors (Lipinski definition) is 5. The van der Waals surface area contributed by atoms with Gasteiger partial charge in [-0.25, -0.2) is 4.98 Å². The Kier molecular flexibility index (Phi) is 4.54. The molecule has 0 aliphatic rings. The van der Waals surface area contributed by atoms with Crippen molar-refractivity contribution in [2.24, 2.45) is 0 Å². The number of halogens is 1. The van der Waals surface area contributed by atoms with Crippen LogP contribution in [0.4, 0.5) is 5.69 Å². The van der Waals surface area contributed by atoms with Gasteiger partial charge >= 0.3 is 0 Å². The van der Waals surface area contributed by atoms with E-state index in [0.717, 1.165) is 17.8 Å². The number of H-pyrrole nitrogens is 1. The summed E-state index contributed by atoms with van der Waals surface area (Å²) in [5, 5.41) is 18.4. The molecule has 0 amide bonds. The molecule has 0 bridgehead atoms. The van der Waals surface area contributed by atoms with Crippen molar-refractivity contribution >= 4 is 33.4 Å². The van der Waals surface area contributed by atoms with Crippen LogP contribution in [0.5, 0.6) is 0 Å². The predicted octanol–water partition coefficient (Wildman–Crippen LogP) is 3.33. The number of aromatic nitrogens is 3. The van der Waals surface area contributed by atoms with Gasteiger partial charge < -0.3 is 0 Å². The molecule has 8 heteroatoms. The molecule has 0 spiro atoms. The number of benzene rings is 1. The molecule has 0 saturated heterocycles. The van der Waals surface area contributed by atoms with E-state index in [1.807, 2.05) is 13.0 Å². The Morgan fingerprint density at radius 1 is 1.53 bits per heavy atom. The van der Waals surface area contributed by atoms with Gasteiger partial charge in [-0.05, 0) is 27.6 Å². The molecular weight excluding hydrogens is 332 g/mol. The number of nitrogens with one attached hydrogen (secondary N) is 1. The molecule has 19 heavy (non-hydrogen) atoms. The number of nitrogens with zero attached hydrogens (tertiary/aromatic N) is 3. The van der Waals surface area contributed by atoms with Crippen molar-refractivity contribution in [1.82, 2.24) is 15.2 Å². The first kappa shape index (κ1) is 14.0. The van der Waals surface area contributed by atoms with Crippen LogP contribution < -0.4 is 0 Å². The zero-order valence-corrected chi connectivity index (χ0v) is 12.5. The van der Waals surface area contributed by atoms with Crippen molar-refractivity contribution < 1.29 is 4.92 Å². The van der Waals surface area contributed by atoms with Crippen molar-refractivity contribution in [3.05, 3.63) is 44.2 Å². The van der Waals surface area contributed by atoms with E-state index >= 15 is 0 Å². The standard InChI is InChI=1S/C11H11BrN4O2S/c1-2-10-13-11(15-14-10)19-6-7-3-4-8(12)9(5-7)16(17)18/h3-5H,2,6H2,1H3,(H,13,14,15). The molecular formula is C11H11BrN4O2S. The molecule has 0 unspecified atom stereocenters. The zero-order chi connectivity index (χ0) is 13.8. The smallest absolute Gasteiger partial charge is 0.262 e. The Hall–Kier alpha value is -1.41. The van der Waals surface area contributed by atoms with Crippen LogP contribution in [0, 0.1) is 10.1 Å². The molecule has 0 aliphatic carbocycles. The van der Waals surface area contributed by atoms with Crippen LogP contribution in [-0.2, 0) is 12.2 Å². The van der Waals surface area contributed by atoms with Crippen molar-refractivity contribution in [2.75, 3.05) is 0 Å². The molecule has 0 aliphatic heterocycles. The number of aromatic amines is 1. The molecule has 1 heterocycles. The first-order valence-electron chi connectivity index (χ1n) is 5.57. The maximum atomic E-state index is 10.8. The number of nitro groups is 1. The van der Waals surface area contributed by atoms with Gasteiger partial charge in [0.15, 0.2) is 0 Å². The SMILES string of the molecule is CCc1nc(SCc2ccc(Br)c([N+](=O)[O-])c2)n[nH]1. The number of rotatable bonds is 5. The van der Waals surface area contributed by atoms with E-state index in [1.54, 1.807) is 12.1 Å². The van der Waals surface area contributed by atoms with Gasteiger partial charge in [0.25, 0.3) is 5.69 Å². The minimum atomic E-state index is -0.403. The Bertz CT molecular complexity index is 602. The van der Waals surface area contributed by atoms with Gasteiger partial charge in [-0.2, -0.15) is 0 Å². The molecule has 1 aromatic carbocycles. The molecule has 6 nitrogen and oxygen atoms in total. The Morgan fingerprint density at radius 3 is 2.95 bits per heavy atom. The summed E-state index contributed by atoms with van der Waals surface area (Å²) in [6, 6.07) is 5.09. The van der Waals surface area contributed by atoms with E-state index in [9.17, 15) is 10.1 Å². The van der Waals surface area contributed by atoms with E-state index in [1.165, 1.54) is 11.8 Å². The maximum absolute atomic E-state index is 10.8. The summed E-state index contributed by atoms with van der Waals surface area (Å²) in [6.45, 7) is 1.99. The highest BCUT2D eigenvalue weighted by molar-refractivity contribution is 9.10. The maximum Gasteiger partial charge on any atom is 0.283 e.